The summed E-state index contributed by atoms with van der Waals surface area (Å²) in [7, 11) is 0. The molecular formula is C15H12BrFN2S. The van der Waals surface area contributed by atoms with Gasteiger partial charge in [0.2, 0.25) is 0 Å². The van der Waals surface area contributed by atoms with E-state index in [9.17, 15) is 4.39 Å². The first kappa shape index (κ1) is 13.6. The molecule has 2 nitrogen and oxygen atoms in total. The molecule has 0 spiro atoms. The van der Waals surface area contributed by atoms with E-state index in [2.05, 4.69) is 38.4 Å². The third-order valence-corrected chi connectivity index (χ3v) is 4.80. The molecule has 102 valence electrons. The minimum Gasteiger partial charge on any atom is -0.335 e. The number of nitrogens with zero attached hydrogens (tertiary/aromatic N) is 1. The van der Waals surface area contributed by atoms with Gasteiger partial charge in [0, 0.05) is 5.69 Å². The number of anilines is 1. The van der Waals surface area contributed by atoms with E-state index in [-0.39, 0.29) is 5.82 Å². The Morgan fingerprint density at radius 3 is 2.75 bits per heavy atom. The Balaban J connectivity index is 1.67. The van der Waals surface area contributed by atoms with Gasteiger partial charge in [-0.15, -0.1) is 0 Å². The van der Waals surface area contributed by atoms with Crippen LogP contribution in [-0.4, -0.2) is 11.7 Å². The van der Waals surface area contributed by atoms with E-state index in [1.807, 2.05) is 24.3 Å². The summed E-state index contributed by atoms with van der Waals surface area (Å²) in [4.78, 5) is 4.48. The number of hydrogen-bond donors (Lipinski definition) is 1. The van der Waals surface area contributed by atoms with Crippen LogP contribution in [0.2, 0.25) is 0 Å². The van der Waals surface area contributed by atoms with Crippen LogP contribution in [0.1, 0.15) is 10.8 Å². The minimum atomic E-state index is -0.279. The van der Waals surface area contributed by atoms with Gasteiger partial charge in [0.1, 0.15) is 5.82 Å². The van der Waals surface area contributed by atoms with Gasteiger partial charge in [0.15, 0.2) is 5.17 Å². The number of benzene rings is 2. The molecule has 1 atom stereocenters. The van der Waals surface area contributed by atoms with Crippen LogP contribution >= 0.6 is 27.7 Å². The van der Waals surface area contributed by atoms with Crippen LogP contribution in [0.5, 0.6) is 0 Å². The van der Waals surface area contributed by atoms with Crippen molar-refractivity contribution in [2.24, 2.45) is 4.99 Å². The van der Waals surface area contributed by atoms with Crippen molar-refractivity contribution in [2.75, 3.05) is 11.9 Å². The maximum absolute atomic E-state index is 13.5. The summed E-state index contributed by atoms with van der Waals surface area (Å²) in [6, 6.07) is 15.3. The zero-order chi connectivity index (χ0) is 13.9. The first-order chi connectivity index (χ1) is 9.72. The second kappa shape index (κ2) is 5.97. The summed E-state index contributed by atoms with van der Waals surface area (Å²) < 4.78 is 13.9. The van der Waals surface area contributed by atoms with Gasteiger partial charge in [0.25, 0.3) is 0 Å². The molecule has 0 amide bonds. The van der Waals surface area contributed by atoms with Gasteiger partial charge in [-0.2, -0.15) is 0 Å². The maximum Gasteiger partial charge on any atom is 0.161 e. The second-order valence-corrected chi connectivity index (χ2v) is 6.46. The van der Waals surface area contributed by atoms with Crippen LogP contribution in [0.25, 0.3) is 0 Å². The van der Waals surface area contributed by atoms with Gasteiger partial charge in [0.05, 0.1) is 16.3 Å². The smallest absolute Gasteiger partial charge is 0.161 e. The summed E-state index contributed by atoms with van der Waals surface area (Å²) in [5, 5.41) is 4.33. The van der Waals surface area contributed by atoms with E-state index in [0.29, 0.717) is 15.4 Å². The van der Waals surface area contributed by atoms with Crippen LogP contribution in [0, 0.1) is 5.82 Å². The lowest BCUT2D eigenvalue weighted by molar-refractivity contribution is 0.622. The Hall–Kier alpha value is -1.33. The molecule has 0 fully saturated rings. The van der Waals surface area contributed by atoms with Crippen molar-refractivity contribution in [3.8, 4) is 0 Å². The number of hydrogen-bond acceptors (Lipinski definition) is 3. The van der Waals surface area contributed by atoms with E-state index in [0.717, 1.165) is 11.7 Å². The molecule has 1 heterocycles. The first-order valence-electron chi connectivity index (χ1n) is 6.20. The topological polar surface area (TPSA) is 24.4 Å². The van der Waals surface area contributed by atoms with Crippen molar-refractivity contribution < 1.29 is 4.39 Å². The van der Waals surface area contributed by atoms with Gasteiger partial charge < -0.3 is 5.32 Å². The fraction of sp³-hybridized carbons (Fsp3) is 0.133. The predicted octanol–water partition coefficient (Wildman–Crippen LogP) is 4.84. The monoisotopic (exact) mass is 350 g/mol. The zero-order valence-electron chi connectivity index (χ0n) is 10.5. The standard InChI is InChI=1S/C15H12BrFN2S/c16-12-7-6-11(8-13(12)17)19-15-18-9-14(20-15)10-4-2-1-3-5-10/h1-8,14H,9H2,(H,18,19). The molecule has 0 aromatic heterocycles. The highest BCUT2D eigenvalue weighted by Gasteiger charge is 2.21. The third-order valence-electron chi connectivity index (χ3n) is 3.00. The quantitative estimate of drug-likeness (QED) is 0.837. The Kier molecular flexibility index (Phi) is 4.08. The molecule has 20 heavy (non-hydrogen) atoms. The molecule has 0 saturated heterocycles. The van der Waals surface area contributed by atoms with Crippen molar-refractivity contribution in [3.63, 3.8) is 0 Å². The number of halogens is 2. The summed E-state index contributed by atoms with van der Waals surface area (Å²) in [6.45, 7) is 0.746. The Morgan fingerprint density at radius 2 is 2.00 bits per heavy atom. The van der Waals surface area contributed by atoms with Crippen LogP contribution in [-0.2, 0) is 0 Å². The average molecular weight is 351 g/mol. The van der Waals surface area contributed by atoms with Gasteiger partial charge in [-0.1, -0.05) is 42.1 Å². The lowest BCUT2D eigenvalue weighted by Gasteiger charge is -2.09. The Labute approximate surface area is 129 Å². The summed E-state index contributed by atoms with van der Waals surface area (Å²) >= 11 is 4.82. The molecule has 2 aromatic carbocycles. The highest BCUT2D eigenvalue weighted by molar-refractivity contribution is 9.10. The van der Waals surface area contributed by atoms with Crippen molar-refractivity contribution in [2.45, 2.75) is 5.25 Å². The highest BCUT2D eigenvalue weighted by atomic mass is 79.9. The van der Waals surface area contributed by atoms with Gasteiger partial charge in [-0.05, 0) is 39.7 Å². The van der Waals surface area contributed by atoms with Crippen molar-refractivity contribution in [3.05, 3.63) is 64.4 Å². The minimum absolute atomic E-state index is 0.279. The van der Waals surface area contributed by atoms with Crippen LogP contribution in [0.3, 0.4) is 0 Å². The molecule has 1 aliphatic rings. The molecule has 5 heteroatoms. The number of rotatable bonds is 2. The molecule has 0 radical (unpaired) electrons. The Morgan fingerprint density at radius 1 is 1.20 bits per heavy atom. The molecule has 1 unspecified atom stereocenters. The fourth-order valence-corrected chi connectivity index (χ4v) is 3.27. The van der Waals surface area contributed by atoms with E-state index in [4.69, 9.17) is 0 Å². The molecule has 1 aliphatic heterocycles. The van der Waals surface area contributed by atoms with E-state index in [1.54, 1.807) is 17.8 Å². The molecule has 2 aromatic rings. The van der Waals surface area contributed by atoms with Crippen molar-refractivity contribution in [1.29, 1.82) is 0 Å². The predicted molar refractivity (Wildman–Crippen MR) is 86.8 cm³/mol. The van der Waals surface area contributed by atoms with E-state index < -0.39 is 0 Å². The van der Waals surface area contributed by atoms with Gasteiger partial charge in [-0.3, -0.25) is 4.99 Å². The summed E-state index contributed by atoms with van der Waals surface area (Å²) in [5.41, 5.74) is 1.98. The molecule has 0 bridgehead atoms. The molecule has 0 saturated carbocycles. The third kappa shape index (κ3) is 3.04. The highest BCUT2D eigenvalue weighted by Crippen LogP contribution is 2.35. The van der Waals surface area contributed by atoms with Crippen molar-refractivity contribution in [1.82, 2.24) is 0 Å². The summed E-state index contributed by atoms with van der Waals surface area (Å²) in [5.74, 6) is -0.279. The lowest BCUT2D eigenvalue weighted by Crippen LogP contribution is -2.05. The van der Waals surface area contributed by atoms with Gasteiger partial charge in [-0.25, -0.2) is 4.39 Å². The maximum atomic E-state index is 13.5. The molecule has 1 N–H and O–H groups in total. The average Bonchev–Trinajstić information content (AvgIpc) is 2.92. The second-order valence-electron chi connectivity index (χ2n) is 4.42. The van der Waals surface area contributed by atoms with Crippen molar-refractivity contribution >= 4 is 38.5 Å². The largest absolute Gasteiger partial charge is 0.335 e. The van der Waals surface area contributed by atoms with Crippen LogP contribution in [0.4, 0.5) is 10.1 Å². The first-order valence-corrected chi connectivity index (χ1v) is 7.88. The summed E-state index contributed by atoms with van der Waals surface area (Å²) in [6.07, 6.45) is 0. The van der Waals surface area contributed by atoms with Crippen LogP contribution < -0.4 is 5.32 Å². The molecule has 3 rings (SSSR count). The molecular weight excluding hydrogens is 339 g/mol. The number of amidine groups is 1. The van der Waals surface area contributed by atoms with E-state index >= 15 is 0 Å². The van der Waals surface area contributed by atoms with Gasteiger partial charge >= 0.3 is 0 Å². The zero-order valence-corrected chi connectivity index (χ0v) is 12.9. The normalized spacial score (nSPS) is 17.9. The Bertz CT molecular complexity index is 646. The van der Waals surface area contributed by atoms with E-state index in [1.165, 1.54) is 11.6 Å². The number of nitrogens with one attached hydrogen (secondary N) is 1. The number of thioether (sulfide) groups is 1. The SMILES string of the molecule is Fc1cc(NC2=NCC(c3ccccc3)S2)ccc1Br. The number of aliphatic imine (C=N–C) groups is 1. The fourth-order valence-electron chi connectivity index (χ4n) is 1.98. The lowest BCUT2D eigenvalue weighted by atomic mass is 10.1. The molecule has 0 aliphatic carbocycles. The van der Waals surface area contributed by atoms with Crippen LogP contribution in [0.15, 0.2) is 58.0 Å².